The van der Waals surface area contributed by atoms with Crippen LogP contribution in [0.4, 0.5) is 11.5 Å². The molecule has 1 saturated carbocycles. The Hall–Kier alpha value is -2.16. The van der Waals surface area contributed by atoms with Crippen molar-refractivity contribution in [1.29, 1.82) is 5.26 Å². The molecule has 0 spiro atoms. The van der Waals surface area contributed by atoms with Crippen LogP contribution in [-0.4, -0.2) is 15.9 Å². The van der Waals surface area contributed by atoms with Gasteiger partial charge in [0, 0.05) is 18.3 Å². The third-order valence-corrected chi connectivity index (χ3v) is 3.10. The fraction of sp³-hybridized carbons (Fsp3) is 0.500. The summed E-state index contributed by atoms with van der Waals surface area (Å²) in [5, 5.41) is 22.7. The van der Waals surface area contributed by atoms with Crippen molar-refractivity contribution in [2.24, 2.45) is 5.92 Å². The largest absolute Gasteiger partial charge is 0.361 e. The highest BCUT2D eigenvalue weighted by atomic mass is 16.6. The lowest BCUT2D eigenvalue weighted by molar-refractivity contribution is -0.384. The third-order valence-electron chi connectivity index (χ3n) is 3.10. The summed E-state index contributed by atoms with van der Waals surface area (Å²) in [7, 11) is 0. The zero-order chi connectivity index (χ0) is 13.1. The molecule has 6 nitrogen and oxygen atoms in total. The smallest absolute Gasteiger partial charge is 0.312 e. The molecule has 1 fully saturated rings. The first-order chi connectivity index (χ1) is 8.65. The summed E-state index contributed by atoms with van der Waals surface area (Å²) in [6.45, 7) is 2.12. The molecule has 2 atom stereocenters. The van der Waals surface area contributed by atoms with E-state index in [1.807, 2.05) is 6.07 Å². The van der Waals surface area contributed by atoms with E-state index >= 15 is 0 Å². The van der Waals surface area contributed by atoms with Crippen molar-refractivity contribution in [3.05, 3.63) is 27.9 Å². The van der Waals surface area contributed by atoms with Crippen LogP contribution in [0.3, 0.4) is 0 Å². The van der Waals surface area contributed by atoms with Gasteiger partial charge < -0.3 is 5.32 Å². The van der Waals surface area contributed by atoms with E-state index in [1.165, 1.54) is 12.3 Å². The first-order valence-corrected chi connectivity index (χ1v) is 5.96. The summed E-state index contributed by atoms with van der Waals surface area (Å²) < 4.78 is 0. The molecule has 6 heteroatoms. The highest BCUT2D eigenvalue weighted by Gasteiger charge is 2.37. The normalized spacial score (nSPS) is 21.1. The van der Waals surface area contributed by atoms with E-state index in [0.29, 0.717) is 5.92 Å². The van der Waals surface area contributed by atoms with E-state index in [2.05, 4.69) is 17.2 Å². The van der Waals surface area contributed by atoms with Crippen LogP contribution in [0.25, 0.3) is 0 Å². The Labute approximate surface area is 105 Å². The predicted molar refractivity (Wildman–Crippen MR) is 66.0 cm³/mol. The van der Waals surface area contributed by atoms with Gasteiger partial charge in [0.2, 0.25) is 5.82 Å². The minimum absolute atomic E-state index is 0.129. The lowest BCUT2D eigenvalue weighted by atomic mass is 10.2. The third kappa shape index (κ3) is 2.56. The first-order valence-electron chi connectivity index (χ1n) is 5.96. The number of nitro groups is 1. The number of nitrogens with zero attached hydrogens (tertiary/aromatic N) is 3. The van der Waals surface area contributed by atoms with E-state index in [1.54, 1.807) is 0 Å². The molecule has 1 aliphatic rings. The van der Waals surface area contributed by atoms with Crippen molar-refractivity contribution in [2.45, 2.75) is 32.2 Å². The van der Waals surface area contributed by atoms with Crippen molar-refractivity contribution >= 4 is 11.5 Å². The summed E-state index contributed by atoms with van der Waals surface area (Å²) in [6.07, 6.45) is 4.63. The van der Waals surface area contributed by atoms with E-state index in [-0.39, 0.29) is 23.1 Å². The first kappa shape index (κ1) is 12.3. The highest BCUT2D eigenvalue weighted by molar-refractivity contribution is 5.59. The van der Waals surface area contributed by atoms with Crippen LogP contribution in [0.5, 0.6) is 0 Å². The molecular formula is C12H14N4O2. The Morgan fingerprint density at radius 3 is 3.11 bits per heavy atom. The van der Waals surface area contributed by atoms with Gasteiger partial charge in [-0.25, -0.2) is 4.98 Å². The number of aromatic nitrogens is 1. The Kier molecular flexibility index (Phi) is 3.42. The molecule has 2 unspecified atom stereocenters. The van der Waals surface area contributed by atoms with Gasteiger partial charge in [-0.05, 0) is 18.8 Å². The molecule has 0 aliphatic heterocycles. The average Bonchev–Trinajstić information content (AvgIpc) is 3.08. The molecule has 1 aromatic rings. The van der Waals surface area contributed by atoms with Crippen LogP contribution in [0, 0.1) is 27.4 Å². The molecule has 1 aliphatic carbocycles. The van der Waals surface area contributed by atoms with Crippen LogP contribution in [0.2, 0.25) is 0 Å². The second-order valence-electron chi connectivity index (χ2n) is 4.50. The summed E-state index contributed by atoms with van der Waals surface area (Å²) in [4.78, 5) is 14.4. The fourth-order valence-corrected chi connectivity index (χ4v) is 2.05. The monoisotopic (exact) mass is 246 g/mol. The second-order valence-corrected chi connectivity index (χ2v) is 4.50. The molecule has 2 rings (SSSR count). The molecule has 1 aromatic heterocycles. The van der Waals surface area contributed by atoms with Gasteiger partial charge in [-0.1, -0.05) is 13.3 Å². The number of rotatable bonds is 5. The molecule has 0 saturated heterocycles. The Morgan fingerprint density at radius 1 is 1.72 bits per heavy atom. The Balaban J connectivity index is 2.13. The van der Waals surface area contributed by atoms with Gasteiger partial charge in [0.1, 0.15) is 6.07 Å². The van der Waals surface area contributed by atoms with Gasteiger partial charge in [-0.3, -0.25) is 10.1 Å². The molecule has 1 heterocycles. The number of anilines is 1. The van der Waals surface area contributed by atoms with Crippen LogP contribution in [0.15, 0.2) is 12.3 Å². The summed E-state index contributed by atoms with van der Waals surface area (Å²) >= 11 is 0. The standard InChI is InChI=1S/C12H14N4O2/c1-2-3-9-5-10(9)15-12-11(16(17)18)4-8(6-13)7-14-12/h4,7,9-10H,2-3,5H2,1H3,(H,14,15). The Bertz CT molecular complexity index is 509. The number of hydrogen-bond acceptors (Lipinski definition) is 5. The van der Waals surface area contributed by atoms with Crippen LogP contribution < -0.4 is 5.32 Å². The van der Waals surface area contributed by atoms with E-state index < -0.39 is 4.92 Å². The van der Waals surface area contributed by atoms with Crippen LogP contribution in [0.1, 0.15) is 31.7 Å². The average molecular weight is 246 g/mol. The number of nitriles is 1. The van der Waals surface area contributed by atoms with Gasteiger partial charge in [0.15, 0.2) is 0 Å². The topological polar surface area (TPSA) is 91.8 Å². The summed E-state index contributed by atoms with van der Waals surface area (Å²) in [5.74, 6) is 0.856. The van der Waals surface area contributed by atoms with Gasteiger partial charge in [-0.15, -0.1) is 0 Å². The van der Waals surface area contributed by atoms with E-state index in [4.69, 9.17) is 5.26 Å². The molecule has 0 aromatic carbocycles. The lowest BCUT2D eigenvalue weighted by Gasteiger charge is -2.05. The Morgan fingerprint density at radius 2 is 2.50 bits per heavy atom. The van der Waals surface area contributed by atoms with Crippen molar-refractivity contribution in [3.63, 3.8) is 0 Å². The van der Waals surface area contributed by atoms with Gasteiger partial charge in [-0.2, -0.15) is 5.26 Å². The number of hydrogen-bond donors (Lipinski definition) is 1. The minimum atomic E-state index is -0.507. The second kappa shape index (κ2) is 5.00. The molecule has 0 radical (unpaired) electrons. The maximum atomic E-state index is 10.9. The maximum Gasteiger partial charge on any atom is 0.312 e. The van der Waals surface area contributed by atoms with Crippen molar-refractivity contribution in [2.75, 3.05) is 5.32 Å². The molecule has 94 valence electrons. The maximum absolute atomic E-state index is 10.9. The summed E-state index contributed by atoms with van der Waals surface area (Å²) in [6, 6.07) is 3.39. The molecule has 0 bridgehead atoms. The van der Waals surface area contributed by atoms with Gasteiger partial charge in [0.25, 0.3) is 0 Å². The fourth-order valence-electron chi connectivity index (χ4n) is 2.05. The van der Waals surface area contributed by atoms with E-state index in [9.17, 15) is 10.1 Å². The van der Waals surface area contributed by atoms with Crippen molar-refractivity contribution < 1.29 is 4.92 Å². The summed E-state index contributed by atoms with van der Waals surface area (Å²) in [5.41, 5.74) is 0.0735. The highest BCUT2D eigenvalue weighted by Crippen LogP contribution is 2.38. The van der Waals surface area contributed by atoms with Gasteiger partial charge >= 0.3 is 5.69 Å². The number of nitrogens with one attached hydrogen (secondary N) is 1. The number of pyridine rings is 1. The van der Waals surface area contributed by atoms with Crippen LogP contribution >= 0.6 is 0 Å². The van der Waals surface area contributed by atoms with Gasteiger partial charge in [0.05, 0.1) is 10.5 Å². The predicted octanol–water partition coefficient (Wildman–Crippen LogP) is 2.46. The molecule has 1 N–H and O–H groups in total. The zero-order valence-electron chi connectivity index (χ0n) is 10.1. The molecule has 0 amide bonds. The SMILES string of the molecule is CCCC1CC1Nc1ncc(C#N)cc1[N+](=O)[O-]. The molecule has 18 heavy (non-hydrogen) atoms. The van der Waals surface area contributed by atoms with Crippen molar-refractivity contribution in [1.82, 2.24) is 4.98 Å². The zero-order valence-corrected chi connectivity index (χ0v) is 10.1. The van der Waals surface area contributed by atoms with Crippen molar-refractivity contribution in [3.8, 4) is 6.07 Å². The van der Waals surface area contributed by atoms with Crippen LogP contribution in [-0.2, 0) is 0 Å². The minimum Gasteiger partial charge on any atom is -0.361 e. The quantitative estimate of drug-likeness (QED) is 0.636. The van der Waals surface area contributed by atoms with E-state index in [0.717, 1.165) is 19.3 Å². The lowest BCUT2D eigenvalue weighted by Crippen LogP contribution is -2.09. The molecular weight excluding hydrogens is 232 g/mol.